The van der Waals surface area contributed by atoms with Crippen molar-refractivity contribution in [3.63, 3.8) is 0 Å². The molecule has 8 heteroatoms. The fraction of sp³-hybridized carbons (Fsp3) is 0.417. The zero-order valence-corrected chi connectivity index (χ0v) is 18.5. The van der Waals surface area contributed by atoms with E-state index in [0.29, 0.717) is 35.5 Å². The zero-order chi connectivity index (χ0) is 22.5. The Morgan fingerprint density at radius 3 is 2.50 bits per heavy atom. The molecule has 2 aliphatic carbocycles. The van der Waals surface area contributed by atoms with Crippen LogP contribution in [0.15, 0.2) is 46.1 Å². The highest BCUT2D eigenvalue weighted by molar-refractivity contribution is 6.32. The third kappa shape index (κ3) is 5.33. The van der Waals surface area contributed by atoms with E-state index < -0.39 is 11.7 Å². The molecule has 1 saturated carbocycles. The molecule has 1 fully saturated rings. The third-order valence-electron chi connectivity index (χ3n) is 5.88. The molecule has 0 atom stereocenters. The van der Waals surface area contributed by atoms with Crippen molar-refractivity contribution in [3.8, 4) is 5.75 Å². The fourth-order valence-electron chi connectivity index (χ4n) is 4.19. The zero-order valence-electron chi connectivity index (χ0n) is 17.7. The second-order valence-corrected chi connectivity index (χ2v) is 8.57. The molecule has 170 valence electrons. The Bertz CT molecular complexity index is 1010. The lowest BCUT2D eigenvalue weighted by molar-refractivity contribution is -0.119. The summed E-state index contributed by atoms with van der Waals surface area (Å²) in [6.45, 7) is 0.234. The Morgan fingerprint density at radius 2 is 1.81 bits per heavy atom. The van der Waals surface area contributed by atoms with Crippen molar-refractivity contribution in [3.05, 3.63) is 58.3 Å². The van der Waals surface area contributed by atoms with Crippen molar-refractivity contribution in [1.82, 2.24) is 5.32 Å². The van der Waals surface area contributed by atoms with Crippen LogP contribution in [0.5, 0.6) is 5.75 Å². The van der Waals surface area contributed by atoms with Gasteiger partial charge in [-0.15, -0.1) is 0 Å². The van der Waals surface area contributed by atoms with Gasteiger partial charge in [0.15, 0.2) is 0 Å². The molecule has 4 rings (SSSR count). The number of hydrogen-bond acceptors (Lipinski definition) is 4. The number of amides is 2. The van der Waals surface area contributed by atoms with Crippen LogP contribution in [0.4, 0.5) is 10.1 Å². The largest absolute Gasteiger partial charge is 0.489 e. The molecule has 0 bridgehead atoms. The molecule has 2 aliphatic rings. The standard InChI is InChI=1S/C24H26ClFN2O4/c25-19-12-20(26)21(13-22(19)32-15-6-1-2-7-15)28-24(30)18-10-4-3-9-17(18)23(29)27-14-16-8-5-11-31-16/h5,8,11-13,15H,1-4,6-7,9-10,14H2,(H,27,29)(H,28,30). The average Bonchev–Trinajstić information content (AvgIpc) is 3.49. The molecule has 0 unspecified atom stereocenters. The van der Waals surface area contributed by atoms with E-state index in [4.69, 9.17) is 20.8 Å². The van der Waals surface area contributed by atoms with Crippen LogP contribution in [0.25, 0.3) is 0 Å². The first-order valence-corrected chi connectivity index (χ1v) is 11.4. The number of hydrogen-bond donors (Lipinski definition) is 2. The average molecular weight is 461 g/mol. The lowest BCUT2D eigenvalue weighted by atomic mass is 9.90. The number of anilines is 1. The Hall–Kier alpha value is -2.80. The van der Waals surface area contributed by atoms with E-state index in [9.17, 15) is 14.0 Å². The summed E-state index contributed by atoms with van der Waals surface area (Å²) in [5.74, 6) is -0.473. The van der Waals surface area contributed by atoms with E-state index in [-0.39, 0.29) is 29.3 Å². The Labute approximate surface area is 191 Å². The van der Waals surface area contributed by atoms with E-state index >= 15 is 0 Å². The third-order valence-corrected chi connectivity index (χ3v) is 6.18. The monoisotopic (exact) mass is 460 g/mol. The van der Waals surface area contributed by atoms with Crippen LogP contribution in [0.2, 0.25) is 5.02 Å². The summed E-state index contributed by atoms with van der Waals surface area (Å²) >= 11 is 6.16. The predicted molar refractivity (Wildman–Crippen MR) is 119 cm³/mol. The van der Waals surface area contributed by atoms with Gasteiger partial charge in [0.1, 0.15) is 17.3 Å². The van der Waals surface area contributed by atoms with Crippen LogP contribution in [0, 0.1) is 5.82 Å². The number of nitrogens with one attached hydrogen (secondary N) is 2. The van der Waals surface area contributed by atoms with E-state index in [1.54, 1.807) is 12.1 Å². The molecule has 0 aliphatic heterocycles. The second kappa shape index (κ2) is 10.2. The van der Waals surface area contributed by atoms with Gasteiger partial charge in [-0.05, 0) is 69.6 Å². The Kier molecular flexibility index (Phi) is 7.15. The topological polar surface area (TPSA) is 80.6 Å². The molecular formula is C24H26ClFN2O4. The van der Waals surface area contributed by atoms with Gasteiger partial charge in [0.2, 0.25) is 5.91 Å². The van der Waals surface area contributed by atoms with Gasteiger partial charge in [-0.2, -0.15) is 0 Å². The van der Waals surface area contributed by atoms with Crippen LogP contribution in [-0.4, -0.2) is 17.9 Å². The van der Waals surface area contributed by atoms with Crippen molar-refractivity contribution in [2.75, 3.05) is 5.32 Å². The van der Waals surface area contributed by atoms with Gasteiger partial charge in [-0.3, -0.25) is 9.59 Å². The molecule has 1 aromatic heterocycles. The number of carbonyl (C=O) groups is 2. The van der Waals surface area contributed by atoms with Gasteiger partial charge >= 0.3 is 0 Å². The SMILES string of the molecule is O=C(NCc1ccco1)C1=C(C(=O)Nc2cc(OC3CCCC3)c(Cl)cc2F)CCCC1. The number of carbonyl (C=O) groups excluding carboxylic acids is 2. The highest BCUT2D eigenvalue weighted by Gasteiger charge is 2.25. The number of halogens is 2. The number of ether oxygens (including phenoxy) is 1. The summed E-state index contributed by atoms with van der Waals surface area (Å²) in [7, 11) is 0. The summed E-state index contributed by atoms with van der Waals surface area (Å²) in [6.07, 6.45) is 8.17. The van der Waals surface area contributed by atoms with Gasteiger partial charge in [0.05, 0.1) is 29.6 Å². The molecule has 1 heterocycles. The van der Waals surface area contributed by atoms with Crippen LogP contribution < -0.4 is 15.4 Å². The molecule has 32 heavy (non-hydrogen) atoms. The van der Waals surface area contributed by atoms with Crippen molar-refractivity contribution in [2.45, 2.75) is 64.0 Å². The van der Waals surface area contributed by atoms with E-state index in [0.717, 1.165) is 44.6 Å². The van der Waals surface area contributed by atoms with Crippen LogP contribution in [0.1, 0.15) is 57.1 Å². The van der Waals surface area contributed by atoms with Crippen LogP contribution in [-0.2, 0) is 16.1 Å². The van der Waals surface area contributed by atoms with Gasteiger partial charge in [-0.1, -0.05) is 11.6 Å². The number of rotatable bonds is 7. The minimum atomic E-state index is -0.651. The van der Waals surface area contributed by atoms with Gasteiger partial charge in [-0.25, -0.2) is 4.39 Å². The molecule has 0 radical (unpaired) electrons. The first kappa shape index (κ1) is 22.4. The van der Waals surface area contributed by atoms with Crippen LogP contribution >= 0.6 is 11.6 Å². The van der Waals surface area contributed by atoms with Gasteiger partial charge < -0.3 is 19.8 Å². The van der Waals surface area contributed by atoms with Gasteiger partial charge in [0, 0.05) is 17.2 Å². The lowest BCUT2D eigenvalue weighted by Crippen LogP contribution is -2.29. The van der Waals surface area contributed by atoms with Crippen molar-refractivity contribution in [2.24, 2.45) is 0 Å². The predicted octanol–water partition coefficient (Wildman–Crippen LogP) is 5.52. The molecule has 2 amide bonds. The minimum absolute atomic E-state index is 0.0131. The summed E-state index contributed by atoms with van der Waals surface area (Å²) in [6, 6.07) is 6.07. The molecule has 0 saturated heterocycles. The fourth-order valence-corrected chi connectivity index (χ4v) is 4.39. The summed E-state index contributed by atoms with van der Waals surface area (Å²) in [5, 5.41) is 5.58. The van der Waals surface area contributed by atoms with Gasteiger partial charge in [0.25, 0.3) is 5.91 Å². The summed E-state index contributed by atoms with van der Waals surface area (Å²) < 4.78 is 25.7. The molecule has 1 aromatic carbocycles. The molecule has 0 spiro atoms. The van der Waals surface area contributed by atoms with Crippen molar-refractivity contribution in [1.29, 1.82) is 0 Å². The normalized spacial score (nSPS) is 16.8. The van der Waals surface area contributed by atoms with E-state index in [1.165, 1.54) is 12.3 Å². The highest BCUT2D eigenvalue weighted by Crippen LogP contribution is 2.34. The van der Waals surface area contributed by atoms with Crippen molar-refractivity contribution >= 4 is 29.1 Å². The quantitative estimate of drug-likeness (QED) is 0.570. The summed E-state index contributed by atoms with van der Waals surface area (Å²) in [4.78, 5) is 25.7. The van der Waals surface area contributed by atoms with E-state index in [1.807, 2.05) is 0 Å². The molecular weight excluding hydrogens is 435 g/mol. The number of furan rings is 1. The Balaban J connectivity index is 1.49. The van der Waals surface area contributed by atoms with Crippen molar-refractivity contribution < 1.29 is 23.1 Å². The first-order valence-electron chi connectivity index (χ1n) is 11.0. The highest BCUT2D eigenvalue weighted by atomic mass is 35.5. The number of benzene rings is 1. The molecule has 2 aromatic rings. The maximum atomic E-state index is 14.5. The maximum Gasteiger partial charge on any atom is 0.252 e. The van der Waals surface area contributed by atoms with Crippen LogP contribution in [0.3, 0.4) is 0 Å². The smallest absolute Gasteiger partial charge is 0.252 e. The van der Waals surface area contributed by atoms with E-state index in [2.05, 4.69) is 10.6 Å². The second-order valence-electron chi connectivity index (χ2n) is 8.17. The Morgan fingerprint density at radius 1 is 1.09 bits per heavy atom. The first-order chi connectivity index (χ1) is 15.5. The molecule has 6 nitrogen and oxygen atoms in total. The minimum Gasteiger partial charge on any atom is -0.489 e. The summed E-state index contributed by atoms with van der Waals surface area (Å²) in [5.41, 5.74) is 0.790. The maximum absolute atomic E-state index is 14.5. The molecule has 2 N–H and O–H groups in total. The lowest BCUT2D eigenvalue weighted by Gasteiger charge is -2.20.